The molecule has 1 unspecified atom stereocenters. The summed E-state index contributed by atoms with van der Waals surface area (Å²) in [6, 6.07) is 0. The third-order valence-electron chi connectivity index (χ3n) is 3.35. The van der Waals surface area contributed by atoms with E-state index in [1.807, 2.05) is 0 Å². The Morgan fingerprint density at radius 2 is 2.00 bits per heavy atom. The Labute approximate surface area is 127 Å². The summed E-state index contributed by atoms with van der Waals surface area (Å²) >= 11 is 0. The SMILES string of the molecule is CC1=NN(C(=O)c2c([N+](=O)[O-])c(C)nn2C)C(O)(C(F)(F)F)C1. The van der Waals surface area contributed by atoms with Gasteiger partial charge < -0.3 is 5.11 Å². The Bertz CT molecular complexity index is 726. The van der Waals surface area contributed by atoms with Crippen LogP contribution >= 0.6 is 0 Å². The molecule has 0 aliphatic carbocycles. The van der Waals surface area contributed by atoms with Crippen molar-refractivity contribution in [1.29, 1.82) is 0 Å². The molecule has 1 aromatic heterocycles. The first-order valence-corrected chi connectivity index (χ1v) is 6.26. The van der Waals surface area contributed by atoms with Gasteiger partial charge in [-0.1, -0.05) is 0 Å². The summed E-state index contributed by atoms with van der Waals surface area (Å²) in [6.45, 7) is 2.44. The normalized spacial score (nSPS) is 21.5. The predicted molar refractivity (Wildman–Crippen MR) is 69.5 cm³/mol. The van der Waals surface area contributed by atoms with Gasteiger partial charge in [0.1, 0.15) is 5.69 Å². The number of hydrogen-bond donors (Lipinski definition) is 1. The van der Waals surface area contributed by atoms with E-state index in [4.69, 9.17) is 0 Å². The first-order chi connectivity index (χ1) is 10.4. The third kappa shape index (κ3) is 2.44. The van der Waals surface area contributed by atoms with Gasteiger partial charge in [-0.25, -0.2) is 0 Å². The van der Waals surface area contributed by atoms with Gasteiger partial charge in [0, 0.05) is 19.2 Å². The van der Waals surface area contributed by atoms with E-state index in [1.165, 1.54) is 20.9 Å². The molecule has 1 amide bonds. The van der Waals surface area contributed by atoms with Crippen molar-refractivity contribution in [2.75, 3.05) is 0 Å². The van der Waals surface area contributed by atoms with E-state index in [0.717, 1.165) is 4.68 Å². The molecule has 1 aromatic rings. The van der Waals surface area contributed by atoms with E-state index in [0.29, 0.717) is 0 Å². The average molecular weight is 335 g/mol. The number of nitrogens with zero attached hydrogens (tertiary/aromatic N) is 5. The molecule has 1 N–H and O–H groups in total. The van der Waals surface area contributed by atoms with Crippen LogP contribution in [0.25, 0.3) is 0 Å². The van der Waals surface area contributed by atoms with Crippen molar-refractivity contribution >= 4 is 17.3 Å². The van der Waals surface area contributed by atoms with Crippen LogP contribution in [0.15, 0.2) is 5.10 Å². The number of halogens is 3. The number of rotatable bonds is 2. The Morgan fingerprint density at radius 1 is 1.43 bits per heavy atom. The van der Waals surface area contributed by atoms with Gasteiger partial charge in [0.15, 0.2) is 0 Å². The zero-order valence-electron chi connectivity index (χ0n) is 12.2. The molecular weight excluding hydrogens is 323 g/mol. The zero-order chi connectivity index (χ0) is 17.7. The second-order valence-corrected chi connectivity index (χ2v) is 5.11. The minimum atomic E-state index is -5.19. The number of hydrogen-bond acceptors (Lipinski definition) is 6. The number of amides is 1. The van der Waals surface area contributed by atoms with Crippen LogP contribution in [-0.2, 0) is 7.05 Å². The maximum atomic E-state index is 13.1. The summed E-state index contributed by atoms with van der Waals surface area (Å²) < 4.78 is 40.2. The summed E-state index contributed by atoms with van der Waals surface area (Å²) in [5.41, 5.74) is -5.27. The third-order valence-corrected chi connectivity index (χ3v) is 3.35. The van der Waals surface area contributed by atoms with Gasteiger partial charge in [0.2, 0.25) is 5.69 Å². The lowest BCUT2D eigenvalue weighted by Crippen LogP contribution is -2.56. The van der Waals surface area contributed by atoms with E-state index >= 15 is 0 Å². The van der Waals surface area contributed by atoms with Crippen molar-refractivity contribution in [2.24, 2.45) is 12.1 Å². The lowest BCUT2D eigenvalue weighted by atomic mass is 10.1. The van der Waals surface area contributed by atoms with E-state index in [2.05, 4.69) is 10.2 Å². The van der Waals surface area contributed by atoms with Crippen molar-refractivity contribution in [3.05, 3.63) is 21.5 Å². The topological polar surface area (TPSA) is 114 Å². The Hall–Kier alpha value is -2.50. The molecule has 0 radical (unpaired) electrons. The maximum absolute atomic E-state index is 13.1. The molecule has 0 saturated carbocycles. The van der Waals surface area contributed by atoms with Crippen LogP contribution in [0.2, 0.25) is 0 Å². The lowest BCUT2D eigenvalue weighted by molar-refractivity contribution is -0.385. The van der Waals surface area contributed by atoms with Gasteiger partial charge in [-0.15, -0.1) is 0 Å². The van der Waals surface area contributed by atoms with Crippen LogP contribution < -0.4 is 0 Å². The van der Waals surface area contributed by atoms with Gasteiger partial charge >= 0.3 is 17.8 Å². The smallest absolute Gasteiger partial charge is 0.362 e. The van der Waals surface area contributed by atoms with Crippen molar-refractivity contribution in [1.82, 2.24) is 14.8 Å². The quantitative estimate of drug-likeness (QED) is 0.642. The molecular formula is C11H12F3N5O4. The minimum Gasteiger partial charge on any atom is -0.362 e. The van der Waals surface area contributed by atoms with Crippen LogP contribution in [-0.4, -0.2) is 48.3 Å². The first-order valence-electron chi connectivity index (χ1n) is 6.26. The van der Waals surface area contributed by atoms with Crippen molar-refractivity contribution < 1.29 is 28.0 Å². The average Bonchev–Trinajstić information content (AvgIpc) is 2.85. The number of nitro groups is 1. The van der Waals surface area contributed by atoms with E-state index < -0.39 is 40.5 Å². The molecule has 23 heavy (non-hydrogen) atoms. The molecule has 0 aromatic carbocycles. The number of aliphatic hydroxyl groups is 1. The van der Waals surface area contributed by atoms with Crippen LogP contribution in [0.4, 0.5) is 18.9 Å². The fraction of sp³-hybridized carbons (Fsp3) is 0.545. The van der Waals surface area contributed by atoms with Gasteiger partial charge in [-0.3, -0.25) is 19.6 Å². The standard InChI is InChI=1S/C11H12F3N5O4/c1-5-4-10(21,11(12,13)14)18(15-5)9(20)8-7(19(22)23)6(2)16-17(8)3/h21H,4H2,1-3H3. The molecule has 0 bridgehead atoms. The zero-order valence-corrected chi connectivity index (χ0v) is 12.2. The number of aryl methyl sites for hydroxylation is 2. The molecule has 2 heterocycles. The van der Waals surface area contributed by atoms with Crippen molar-refractivity contribution in [3.8, 4) is 0 Å². The molecule has 12 heteroatoms. The number of carbonyl (C=O) groups excluding carboxylic acids is 1. The highest BCUT2D eigenvalue weighted by atomic mass is 19.4. The number of aromatic nitrogens is 2. The fourth-order valence-corrected chi connectivity index (χ4v) is 2.36. The highest BCUT2D eigenvalue weighted by Gasteiger charge is 2.63. The summed E-state index contributed by atoms with van der Waals surface area (Å²) in [5, 5.41) is 27.8. The summed E-state index contributed by atoms with van der Waals surface area (Å²) in [4.78, 5) is 22.5. The molecule has 0 fully saturated rings. The summed E-state index contributed by atoms with van der Waals surface area (Å²) in [7, 11) is 1.17. The van der Waals surface area contributed by atoms with Crippen LogP contribution in [0.5, 0.6) is 0 Å². The number of carbonyl (C=O) groups is 1. The monoisotopic (exact) mass is 335 g/mol. The first kappa shape index (κ1) is 16.9. The van der Waals surface area contributed by atoms with Crippen molar-refractivity contribution in [2.45, 2.75) is 32.2 Å². The van der Waals surface area contributed by atoms with Gasteiger partial charge in [-0.05, 0) is 13.8 Å². The largest absolute Gasteiger partial charge is 0.438 e. The van der Waals surface area contributed by atoms with E-state index in [1.54, 1.807) is 0 Å². The van der Waals surface area contributed by atoms with Crippen LogP contribution in [0, 0.1) is 17.0 Å². The number of hydrazone groups is 1. The van der Waals surface area contributed by atoms with Crippen LogP contribution in [0.3, 0.4) is 0 Å². The molecule has 1 aliphatic rings. The minimum absolute atomic E-state index is 0.139. The molecule has 0 spiro atoms. The van der Waals surface area contributed by atoms with Gasteiger partial charge in [0.05, 0.1) is 4.92 Å². The maximum Gasteiger partial charge on any atom is 0.438 e. The van der Waals surface area contributed by atoms with Gasteiger partial charge in [0.25, 0.3) is 5.72 Å². The van der Waals surface area contributed by atoms with E-state index in [-0.39, 0.29) is 16.4 Å². The van der Waals surface area contributed by atoms with Crippen LogP contribution in [0.1, 0.15) is 29.5 Å². The molecule has 1 atom stereocenters. The fourth-order valence-electron chi connectivity index (χ4n) is 2.36. The summed E-state index contributed by atoms with van der Waals surface area (Å²) in [5.74, 6) is -1.46. The molecule has 0 saturated heterocycles. The van der Waals surface area contributed by atoms with E-state index in [9.17, 15) is 33.2 Å². The second-order valence-electron chi connectivity index (χ2n) is 5.11. The highest BCUT2D eigenvalue weighted by Crippen LogP contribution is 2.41. The predicted octanol–water partition coefficient (Wildman–Crippen LogP) is 1.11. The lowest BCUT2D eigenvalue weighted by Gasteiger charge is -2.32. The Kier molecular flexibility index (Phi) is 3.67. The molecule has 1 aliphatic heterocycles. The van der Waals surface area contributed by atoms with Gasteiger partial charge in [-0.2, -0.15) is 28.4 Å². The summed E-state index contributed by atoms with van der Waals surface area (Å²) in [6.07, 6.45) is -6.13. The van der Waals surface area contributed by atoms with Crippen molar-refractivity contribution in [3.63, 3.8) is 0 Å². The second kappa shape index (κ2) is 5.01. The highest BCUT2D eigenvalue weighted by molar-refractivity contribution is 5.99. The number of alkyl halides is 3. The molecule has 126 valence electrons. The Balaban J connectivity index is 2.59. The molecule has 9 nitrogen and oxygen atoms in total. The molecule has 2 rings (SSSR count). The Morgan fingerprint density at radius 3 is 2.48 bits per heavy atom.